The van der Waals surface area contributed by atoms with Crippen molar-refractivity contribution in [3.8, 4) is 0 Å². The third-order valence-corrected chi connectivity index (χ3v) is 9.01. The molecule has 1 saturated carbocycles. The third-order valence-electron chi connectivity index (χ3n) is 6.23. The van der Waals surface area contributed by atoms with E-state index in [1.54, 1.807) is 12.1 Å². The van der Waals surface area contributed by atoms with Crippen molar-refractivity contribution in [1.29, 1.82) is 0 Å². The molecule has 0 atom stereocenters. The van der Waals surface area contributed by atoms with Gasteiger partial charge in [0.15, 0.2) is 14.9 Å². The predicted octanol–water partition coefficient (Wildman–Crippen LogP) is 5.14. The van der Waals surface area contributed by atoms with Crippen LogP contribution >= 0.6 is 22.6 Å². The summed E-state index contributed by atoms with van der Waals surface area (Å²) >= 11 is 2.27. The molecule has 1 saturated heterocycles. The van der Waals surface area contributed by atoms with Crippen molar-refractivity contribution < 1.29 is 13.2 Å². The number of hydrogen-bond donors (Lipinski definition) is 1. The molecular formula is C24H30IN3O3S. The van der Waals surface area contributed by atoms with Crippen molar-refractivity contribution in [2.24, 2.45) is 10.8 Å². The third kappa shape index (κ3) is 5.44. The van der Waals surface area contributed by atoms with Gasteiger partial charge in [0.25, 0.3) is 5.91 Å². The second-order valence-corrected chi connectivity index (χ2v) is 13.5. The van der Waals surface area contributed by atoms with Crippen molar-refractivity contribution >= 4 is 49.8 Å². The van der Waals surface area contributed by atoms with E-state index >= 15 is 0 Å². The van der Waals surface area contributed by atoms with Crippen LogP contribution in [0.1, 0.15) is 56.8 Å². The maximum atomic E-state index is 13.2. The van der Waals surface area contributed by atoms with Crippen LogP contribution < -0.4 is 10.2 Å². The van der Waals surface area contributed by atoms with Crippen LogP contribution in [-0.4, -0.2) is 38.2 Å². The Morgan fingerprint density at radius 2 is 1.81 bits per heavy atom. The van der Waals surface area contributed by atoms with E-state index in [0.717, 1.165) is 22.3 Å². The van der Waals surface area contributed by atoms with Crippen LogP contribution in [0.15, 0.2) is 41.4 Å². The average Bonchev–Trinajstić information content (AvgIpc) is 3.45. The molecule has 1 aliphatic carbocycles. The lowest BCUT2D eigenvalue weighted by Gasteiger charge is -2.35. The van der Waals surface area contributed by atoms with Crippen LogP contribution in [0.25, 0.3) is 0 Å². The van der Waals surface area contributed by atoms with Crippen molar-refractivity contribution in [3.63, 3.8) is 0 Å². The Balaban J connectivity index is 1.55. The van der Waals surface area contributed by atoms with Gasteiger partial charge in [0, 0.05) is 16.7 Å². The monoisotopic (exact) mass is 567 g/mol. The molecule has 1 N–H and O–H groups in total. The normalized spacial score (nSPS) is 17.9. The van der Waals surface area contributed by atoms with Crippen molar-refractivity contribution in [2.75, 3.05) is 29.1 Å². The summed E-state index contributed by atoms with van der Waals surface area (Å²) < 4.78 is 26.5. The first-order valence-electron chi connectivity index (χ1n) is 11.0. The number of nitrogens with zero attached hydrogens (tertiary/aromatic N) is 2. The average molecular weight is 567 g/mol. The number of carbonyl (C=O) groups is 1. The molecule has 1 aromatic carbocycles. The molecule has 6 nitrogen and oxygen atoms in total. The first-order valence-corrected chi connectivity index (χ1v) is 13.8. The highest BCUT2D eigenvalue weighted by Crippen LogP contribution is 2.54. The molecule has 1 spiro atoms. The van der Waals surface area contributed by atoms with Gasteiger partial charge in [-0.1, -0.05) is 26.8 Å². The SMILES string of the molecule is CC(C)(C)CS(=O)(=O)c1cccc(NC(=O)c2ccc(I)cc2N2CCC3(CC2)CC3)n1. The molecule has 32 heavy (non-hydrogen) atoms. The van der Waals surface area contributed by atoms with E-state index in [1.165, 1.54) is 31.7 Å². The summed E-state index contributed by atoms with van der Waals surface area (Å²) in [4.78, 5) is 19.7. The lowest BCUT2D eigenvalue weighted by molar-refractivity contribution is 0.102. The second kappa shape index (κ2) is 8.59. The lowest BCUT2D eigenvalue weighted by Crippen LogP contribution is -2.35. The molecule has 2 fully saturated rings. The number of piperidine rings is 1. The van der Waals surface area contributed by atoms with Crippen molar-refractivity contribution in [1.82, 2.24) is 4.98 Å². The number of nitrogens with one attached hydrogen (secondary N) is 1. The summed E-state index contributed by atoms with van der Waals surface area (Å²) in [5, 5.41) is 2.80. The number of sulfone groups is 1. The van der Waals surface area contributed by atoms with Gasteiger partial charge in [0.2, 0.25) is 0 Å². The molecule has 1 amide bonds. The quantitative estimate of drug-likeness (QED) is 0.507. The molecular weight excluding hydrogens is 537 g/mol. The highest BCUT2D eigenvalue weighted by Gasteiger charge is 2.44. The first kappa shape index (κ1) is 23.5. The van der Waals surface area contributed by atoms with Gasteiger partial charge >= 0.3 is 0 Å². The number of anilines is 2. The maximum Gasteiger partial charge on any atom is 0.258 e. The number of benzene rings is 1. The van der Waals surface area contributed by atoms with Gasteiger partial charge in [-0.15, -0.1) is 0 Å². The molecule has 4 rings (SSSR count). The second-order valence-electron chi connectivity index (χ2n) is 10.3. The minimum Gasteiger partial charge on any atom is -0.371 e. The van der Waals surface area contributed by atoms with Crippen molar-refractivity contribution in [2.45, 2.75) is 51.5 Å². The number of pyridine rings is 1. The summed E-state index contributed by atoms with van der Waals surface area (Å²) in [7, 11) is -3.55. The summed E-state index contributed by atoms with van der Waals surface area (Å²) in [6.07, 6.45) is 5.02. The van der Waals surface area contributed by atoms with Gasteiger partial charge in [-0.3, -0.25) is 4.79 Å². The van der Waals surface area contributed by atoms with Gasteiger partial charge in [0.05, 0.1) is 17.0 Å². The molecule has 8 heteroatoms. The van der Waals surface area contributed by atoms with E-state index in [-0.39, 0.29) is 27.9 Å². The van der Waals surface area contributed by atoms with Gasteiger partial charge in [-0.2, -0.15) is 0 Å². The van der Waals surface area contributed by atoms with E-state index in [2.05, 4.69) is 43.9 Å². The highest BCUT2D eigenvalue weighted by atomic mass is 127. The largest absolute Gasteiger partial charge is 0.371 e. The molecule has 2 heterocycles. The highest BCUT2D eigenvalue weighted by molar-refractivity contribution is 14.1. The van der Waals surface area contributed by atoms with Crippen LogP contribution in [0.2, 0.25) is 0 Å². The van der Waals surface area contributed by atoms with Gasteiger partial charge in [0.1, 0.15) is 5.82 Å². The van der Waals surface area contributed by atoms with Crippen LogP contribution in [0.3, 0.4) is 0 Å². The number of carbonyl (C=O) groups excluding carboxylic acids is 1. The zero-order chi connectivity index (χ0) is 23.1. The molecule has 2 aliphatic rings. The smallest absolute Gasteiger partial charge is 0.258 e. The first-order chi connectivity index (χ1) is 15.0. The number of aromatic nitrogens is 1. The van der Waals surface area contributed by atoms with Gasteiger partial charge in [-0.25, -0.2) is 13.4 Å². The Morgan fingerprint density at radius 1 is 1.12 bits per heavy atom. The van der Waals surface area contributed by atoms with E-state index in [0.29, 0.717) is 11.0 Å². The van der Waals surface area contributed by atoms with Gasteiger partial charge < -0.3 is 10.2 Å². The van der Waals surface area contributed by atoms with Crippen LogP contribution in [-0.2, 0) is 9.84 Å². The number of amides is 1. The topological polar surface area (TPSA) is 79.4 Å². The van der Waals surface area contributed by atoms with E-state index in [9.17, 15) is 13.2 Å². The fourth-order valence-electron chi connectivity index (χ4n) is 4.34. The Labute approximate surface area is 204 Å². The molecule has 1 aliphatic heterocycles. The summed E-state index contributed by atoms with van der Waals surface area (Å²) in [6, 6.07) is 10.5. The minimum absolute atomic E-state index is 0.0118. The molecule has 0 bridgehead atoms. The summed E-state index contributed by atoms with van der Waals surface area (Å²) in [6.45, 7) is 7.54. The number of rotatable bonds is 5. The summed E-state index contributed by atoms with van der Waals surface area (Å²) in [5.41, 5.74) is 1.69. The van der Waals surface area contributed by atoms with E-state index in [1.807, 2.05) is 32.9 Å². The van der Waals surface area contributed by atoms with E-state index < -0.39 is 9.84 Å². The van der Waals surface area contributed by atoms with Crippen molar-refractivity contribution in [3.05, 3.63) is 45.5 Å². The fourth-order valence-corrected chi connectivity index (χ4v) is 6.63. The summed E-state index contributed by atoms with van der Waals surface area (Å²) in [5.74, 6) is -0.0479. The Hall–Kier alpha value is -1.68. The van der Waals surface area contributed by atoms with E-state index in [4.69, 9.17) is 0 Å². The lowest BCUT2D eigenvalue weighted by atomic mass is 9.93. The molecule has 2 aromatic rings. The van der Waals surface area contributed by atoms with Crippen LogP contribution in [0.4, 0.5) is 11.5 Å². The zero-order valence-electron chi connectivity index (χ0n) is 18.8. The standard InChI is InChI=1S/C24H30IN3O3S/c1-23(2,3)16-32(30,31)21-6-4-5-20(26-21)27-22(29)18-8-7-17(25)15-19(18)28-13-11-24(9-10-24)12-14-28/h4-8,15H,9-14,16H2,1-3H3,(H,26,27,29). The molecule has 0 radical (unpaired) electrons. The Bertz CT molecular complexity index is 1130. The zero-order valence-corrected chi connectivity index (χ0v) is 21.8. The predicted molar refractivity (Wildman–Crippen MR) is 136 cm³/mol. The fraction of sp³-hybridized carbons (Fsp3) is 0.500. The number of hydrogen-bond acceptors (Lipinski definition) is 5. The Kier molecular flexibility index (Phi) is 6.30. The van der Waals surface area contributed by atoms with Crippen LogP contribution in [0.5, 0.6) is 0 Å². The maximum absolute atomic E-state index is 13.2. The Morgan fingerprint density at radius 3 is 2.44 bits per heavy atom. The molecule has 1 aromatic heterocycles. The minimum atomic E-state index is -3.55. The van der Waals surface area contributed by atoms with Gasteiger partial charge in [-0.05, 0) is 89.4 Å². The van der Waals surface area contributed by atoms with Crippen LogP contribution in [0, 0.1) is 14.4 Å². The number of halogens is 1. The molecule has 172 valence electrons. The molecule has 0 unspecified atom stereocenters.